The van der Waals surface area contributed by atoms with Crippen LogP contribution in [0.5, 0.6) is 0 Å². The number of benzene rings is 2. The lowest BCUT2D eigenvalue weighted by molar-refractivity contribution is -0.394. The van der Waals surface area contributed by atoms with Gasteiger partial charge in [-0.05, 0) is 25.1 Å². The van der Waals surface area contributed by atoms with Crippen molar-refractivity contribution in [2.75, 3.05) is 11.9 Å². The molecular formula is C16H12N4O5. The predicted molar refractivity (Wildman–Crippen MR) is 88.4 cm³/mol. The molecule has 2 aromatic rings. The summed E-state index contributed by atoms with van der Waals surface area (Å²) < 4.78 is 0. The molecule has 0 fully saturated rings. The molecule has 0 atom stereocenters. The van der Waals surface area contributed by atoms with Crippen molar-refractivity contribution in [1.29, 1.82) is 5.26 Å². The van der Waals surface area contributed by atoms with Gasteiger partial charge in [0.1, 0.15) is 0 Å². The Hall–Kier alpha value is -3.80. The van der Waals surface area contributed by atoms with Crippen molar-refractivity contribution < 1.29 is 14.6 Å². The summed E-state index contributed by atoms with van der Waals surface area (Å²) in [4.78, 5) is 34.5. The van der Waals surface area contributed by atoms with Crippen molar-refractivity contribution in [3.63, 3.8) is 0 Å². The van der Waals surface area contributed by atoms with Crippen LogP contribution >= 0.6 is 0 Å². The second-order valence-corrected chi connectivity index (χ2v) is 5.18. The minimum atomic E-state index is -0.792. The highest BCUT2D eigenvalue weighted by Gasteiger charge is 2.26. The number of nitrogens with zero attached hydrogens (tertiary/aromatic N) is 4. The van der Waals surface area contributed by atoms with Crippen LogP contribution in [0.25, 0.3) is 0 Å². The van der Waals surface area contributed by atoms with E-state index >= 15 is 0 Å². The third-order valence-electron chi connectivity index (χ3n) is 3.67. The first kappa shape index (κ1) is 17.6. The summed E-state index contributed by atoms with van der Waals surface area (Å²) in [7, 11) is 1.42. The monoisotopic (exact) mass is 340 g/mol. The molecule has 2 rings (SSSR count). The summed E-state index contributed by atoms with van der Waals surface area (Å²) in [5.74, 6) is -0.653. The molecule has 9 heteroatoms. The number of hydrogen-bond donors (Lipinski definition) is 0. The number of carbonyl (C=O) groups excluding carboxylic acids is 1. The first-order chi connectivity index (χ1) is 11.8. The standard InChI is InChI=1S/C16H12N4O5/c1-10-14(7-13(19(22)23)8-15(10)20(24)25)16(21)18(2)12-5-3-4-11(6-12)9-17/h3-8H,1-2H3. The number of nitriles is 1. The van der Waals surface area contributed by atoms with E-state index in [4.69, 9.17) is 5.26 Å². The molecular weight excluding hydrogens is 328 g/mol. The Morgan fingerprint density at radius 3 is 2.40 bits per heavy atom. The minimum absolute atomic E-state index is 0.0314. The van der Waals surface area contributed by atoms with Crippen molar-refractivity contribution in [2.45, 2.75) is 6.92 Å². The summed E-state index contributed by atoms with van der Waals surface area (Å²) in [6, 6.07) is 9.97. The lowest BCUT2D eigenvalue weighted by Crippen LogP contribution is -2.27. The molecule has 0 N–H and O–H groups in total. The highest BCUT2D eigenvalue weighted by atomic mass is 16.6. The second kappa shape index (κ2) is 6.76. The SMILES string of the molecule is Cc1c(C(=O)N(C)c2cccc(C#N)c2)cc([N+](=O)[O-])cc1[N+](=O)[O-]. The van der Waals surface area contributed by atoms with Crippen LogP contribution in [-0.2, 0) is 0 Å². The van der Waals surface area contributed by atoms with Gasteiger partial charge in [0.2, 0.25) is 0 Å². The number of non-ortho nitro benzene ring substituents is 1. The maximum atomic E-state index is 12.7. The van der Waals surface area contributed by atoms with E-state index < -0.39 is 27.1 Å². The molecule has 9 nitrogen and oxygen atoms in total. The molecule has 0 aliphatic rings. The summed E-state index contributed by atoms with van der Waals surface area (Å²) in [6.07, 6.45) is 0. The lowest BCUT2D eigenvalue weighted by atomic mass is 10.0. The van der Waals surface area contributed by atoms with E-state index in [1.165, 1.54) is 24.9 Å². The number of amides is 1. The van der Waals surface area contributed by atoms with E-state index in [0.29, 0.717) is 11.3 Å². The number of nitro benzene ring substituents is 2. The van der Waals surface area contributed by atoms with Crippen molar-refractivity contribution in [1.82, 2.24) is 0 Å². The Morgan fingerprint density at radius 2 is 1.84 bits per heavy atom. The summed E-state index contributed by atoms with van der Waals surface area (Å²) in [5.41, 5.74) is -0.442. The zero-order valence-corrected chi connectivity index (χ0v) is 13.3. The minimum Gasteiger partial charge on any atom is -0.311 e. The topological polar surface area (TPSA) is 130 Å². The molecule has 0 spiro atoms. The molecule has 0 aliphatic heterocycles. The molecule has 0 radical (unpaired) electrons. The van der Waals surface area contributed by atoms with Crippen molar-refractivity contribution >= 4 is 23.0 Å². The van der Waals surface area contributed by atoms with Gasteiger partial charge in [0.05, 0.1) is 33.1 Å². The molecule has 1 amide bonds. The van der Waals surface area contributed by atoms with Gasteiger partial charge in [-0.2, -0.15) is 5.26 Å². The zero-order valence-electron chi connectivity index (χ0n) is 13.3. The number of nitro groups is 2. The van der Waals surface area contributed by atoms with E-state index in [9.17, 15) is 25.0 Å². The quantitative estimate of drug-likeness (QED) is 0.621. The van der Waals surface area contributed by atoms with Gasteiger partial charge in [0.25, 0.3) is 17.3 Å². The average Bonchev–Trinajstić information content (AvgIpc) is 2.60. The van der Waals surface area contributed by atoms with Crippen LogP contribution in [-0.4, -0.2) is 22.8 Å². The lowest BCUT2D eigenvalue weighted by Gasteiger charge is -2.18. The fourth-order valence-electron chi connectivity index (χ4n) is 2.28. The summed E-state index contributed by atoms with van der Waals surface area (Å²) in [5, 5.41) is 31.1. The Bertz CT molecular complexity index is 933. The van der Waals surface area contributed by atoms with Crippen molar-refractivity contribution in [2.24, 2.45) is 0 Å². The third kappa shape index (κ3) is 3.42. The van der Waals surface area contributed by atoms with E-state index in [2.05, 4.69) is 0 Å². The molecule has 2 aromatic carbocycles. The number of carbonyl (C=O) groups is 1. The number of rotatable bonds is 4. The molecule has 126 valence electrons. The summed E-state index contributed by atoms with van der Waals surface area (Å²) in [6.45, 7) is 1.36. The van der Waals surface area contributed by atoms with Crippen LogP contribution in [0.4, 0.5) is 17.1 Å². The van der Waals surface area contributed by atoms with E-state index in [-0.39, 0.29) is 11.1 Å². The molecule has 0 aromatic heterocycles. The van der Waals surface area contributed by atoms with Crippen molar-refractivity contribution in [3.05, 3.63) is 73.3 Å². The summed E-state index contributed by atoms with van der Waals surface area (Å²) >= 11 is 0. The van der Waals surface area contributed by atoms with E-state index in [0.717, 1.165) is 12.1 Å². The van der Waals surface area contributed by atoms with E-state index in [1.54, 1.807) is 18.2 Å². The average molecular weight is 340 g/mol. The molecule has 0 saturated heterocycles. The smallest absolute Gasteiger partial charge is 0.279 e. The van der Waals surface area contributed by atoms with Gasteiger partial charge in [0, 0.05) is 24.4 Å². The Labute approximate surface area is 142 Å². The van der Waals surface area contributed by atoms with Crippen molar-refractivity contribution in [3.8, 4) is 6.07 Å². The highest BCUT2D eigenvalue weighted by Crippen LogP contribution is 2.29. The first-order valence-electron chi connectivity index (χ1n) is 6.98. The van der Waals surface area contributed by atoms with Gasteiger partial charge < -0.3 is 4.90 Å². The Kier molecular flexibility index (Phi) is 4.74. The van der Waals surface area contributed by atoms with Gasteiger partial charge in [-0.15, -0.1) is 0 Å². The Balaban J connectivity index is 2.56. The van der Waals surface area contributed by atoms with Crippen LogP contribution in [0.2, 0.25) is 0 Å². The van der Waals surface area contributed by atoms with E-state index in [1.807, 2.05) is 6.07 Å². The molecule has 0 heterocycles. The van der Waals surface area contributed by atoms with Crippen LogP contribution in [0, 0.1) is 38.5 Å². The highest BCUT2D eigenvalue weighted by molar-refractivity contribution is 6.07. The first-order valence-corrected chi connectivity index (χ1v) is 6.98. The van der Waals surface area contributed by atoms with Crippen LogP contribution < -0.4 is 4.90 Å². The number of hydrogen-bond acceptors (Lipinski definition) is 6. The van der Waals surface area contributed by atoms with Crippen LogP contribution in [0.15, 0.2) is 36.4 Å². The molecule has 25 heavy (non-hydrogen) atoms. The van der Waals surface area contributed by atoms with Crippen LogP contribution in [0.3, 0.4) is 0 Å². The molecule has 0 bridgehead atoms. The predicted octanol–water partition coefficient (Wildman–Crippen LogP) is 2.96. The second-order valence-electron chi connectivity index (χ2n) is 5.18. The molecule has 0 aliphatic carbocycles. The van der Waals surface area contributed by atoms with Crippen LogP contribution in [0.1, 0.15) is 21.5 Å². The largest absolute Gasteiger partial charge is 0.311 e. The maximum Gasteiger partial charge on any atom is 0.279 e. The fourth-order valence-corrected chi connectivity index (χ4v) is 2.28. The van der Waals surface area contributed by atoms with Gasteiger partial charge in [0.15, 0.2) is 0 Å². The Morgan fingerprint density at radius 1 is 1.16 bits per heavy atom. The normalized spacial score (nSPS) is 9.96. The van der Waals surface area contributed by atoms with Gasteiger partial charge in [-0.3, -0.25) is 25.0 Å². The maximum absolute atomic E-state index is 12.7. The third-order valence-corrected chi connectivity index (χ3v) is 3.67. The van der Waals surface area contributed by atoms with Gasteiger partial charge >= 0.3 is 0 Å². The van der Waals surface area contributed by atoms with Gasteiger partial charge in [-0.25, -0.2) is 0 Å². The fraction of sp³-hybridized carbons (Fsp3) is 0.125. The zero-order chi connectivity index (χ0) is 18.7. The van der Waals surface area contributed by atoms with Gasteiger partial charge in [-0.1, -0.05) is 6.07 Å². The molecule has 0 unspecified atom stereocenters. The number of anilines is 1. The molecule has 0 saturated carbocycles.